The van der Waals surface area contributed by atoms with E-state index in [2.05, 4.69) is 138 Å². The van der Waals surface area contributed by atoms with Crippen LogP contribution in [0.5, 0.6) is 0 Å². The predicted molar refractivity (Wildman–Crippen MR) is 199 cm³/mol. The number of benzene rings is 8. The first kappa shape index (κ1) is 25.6. The molecule has 4 heteroatoms. The summed E-state index contributed by atoms with van der Waals surface area (Å²) in [6, 6.07) is 53.7. The molecule has 0 aliphatic rings. The van der Waals surface area contributed by atoms with Crippen LogP contribution < -0.4 is 0 Å². The van der Waals surface area contributed by atoms with Crippen molar-refractivity contribution in [1.82, 2.24) is 14.5 Å². The van der Waals surface area contributed by atoms with Gasteiger partial charge in [0, 0.05) is 32.5 Å². The molecule has 0 amide bonds. The summed E-state index contributed by atoms with van der Waals surface area (Å²) in [5, 5.41) is 13.1. The monoisotopic (exact) mass is 611 g/mol. The van der Waals surface area contributed by atoms with Crippen molar-refractivity contribution in [2.24, 2.45) is 0 Å². The molecular weight excluding hydrogens is 587 g/mol. The topological polar surface area (TPSA) is 43.9 Å². The number of aromatic nitrogens is 3. The van der Waals surface area contributed by atoms with Gasteiger partial charge in [-0.25, -0.2) is 9.97 Å². The number of para-hydroxylation sites is 3. The molecule has 11 aromatic rings. The van der Waals surface area contributed by atoms with Gasteiger partial charge < -0.3 is 4.42 Å². The summed E-state index contributed by atoms with van der Waals surface area (Å²) in [6.45, 7) is 0. The highest BCUT2D eigenvalue weighted by atomic mass is 16.3. The normalized spacial score (nSPS) is 12.2. The van der Waals surface area contributed by atoms with E-state index >= 15 is 0 Å². The molecule has 222 valence electrons. The van der Waals surface area contributed by atoms with Gasteiger partial charge in [-0.15, -0.1) is 0 Å². The van der Waals surface area contributed by atoms with Crippen molar-refractivity contribution >= 4 is 87.0 Å². The summed E-state index contributed by atoms with van der Waals surface area (Å²) < 4.78 is 8.39. The van der Waals surface area contributed by atoms with E-state index in [9.17, 15) is 0 Å². The van der Waals surface area contributed by atoms with Gasteiger partial charge in [0.15, 0.2) is 0 Å². The highest BCUT2D eigenvalue weighted by Gasteiger charge is 2.20. The SMILES string of the molecule is c1ccc2c(c1)ccc1ccc3c(ccc4c3c3ccccc3n4-c3nc(-c4ccc5oc6ccccc6c5c4)c4ccccc4n3)c12. The quantitative estimate of drug-likeness (QED) is 0.183. The van der Waals surface area contributed by atoms with Gasteiger partial charge in [0.05, 0.1) is 22.2 Å². The highest BCUT2D eigenvalue weighted by Crippen LogP contribution is 2.41. The molecule has 0 aliphatic carbocycles. The van der Waals surface area contributed by atoms with Crippen molar-refractivity contribution in [3.8, 4) is 17.2 Å². The number of nitrogens with zero attached hydrogens (tertiary/aromatic N) is 3. The standard InChI is InChI=1S/C44H25N3O/c1-2-10-29-26(9-1)17-18-27-19-21-32-31(41(27)29)22-23-38-42(32)34-13-4-7-15-37(34)47(38)44-45-36-14-6-3-12-33(36)43(46-44)28-20-24-40-35(25-28)30-11-5-8-16-39(30)48-40/h1-25H. The van der Waals surface area contributed by atoms with Crippen LogP contribution in [-0.2, 0) is 0 Å². The van der Waals surface area contributed by atoms with Crippen LogP contribution in [0.2, 0.25) is 0 Å². The largest absolute Gasteiger partial charge is 0.456 e. The Balaban J connectivity index is 1.23. The molecule has 0 saturated carbocycles. The van der Waals surface area contributed by atoms with Crippen molar-refractivity contribution in [3.05, 3.63) is 152 Å². The Hall–Kier alpha value is -6.52. The summed E-state index contributed by atoms with van der Waals surface area (Å²) in [7, 11) is 0. The minimum Gasteiger partial charge on any atom is -0.456 e. The molecular formula is C44H25N3O. The Morgan fingerprint density at radius 2 is 1.10 bits per heavy atom. The predicted octanol–water partition coefficient (Wildman–Crippen LogP) is 11.8. The summed E-state index contributed by atoms with van der Waals surface area (Å²) in [5.74, 6) is 0.651. The van der Waals surface area contributed by atoms with Crippen LogP contribution in [0.3, 0.4) is 0 Å². The third kappa shape index (κ3) is 3.49. The van der Waals surface area contributed by atoms with Crippen LogP contribution in [-0.4, -0.2) is 14.5 Å². The summed E-state index contributed by atoms with van der Waals surface area (Å²) in [4.78, 5) is 10.6. The molecule has 0 bridgehead atoms. The van der Waals surface area contributed by atoms with E-state index in [4.69, 9.17) is 14.4 Å². The van der Waals surface area contributed by atoms with Gasteiger partial charge in [-0.05, 0) is 74.8 Å². The Labute approximate surface area is 274 Å². The van der Waals surface area contributed by atoms with Gasteiger partial charge in [0.2, 0.25) is 5.95 Å². The van der Waals surface area contributed by atoms with Crippen LogP contribution in [0.4, 0.5) is 0 Å². The molecule has 0 atom stereocenters. The van der Waals surface area contributed by atoms with E-state index in [1.165, 1.54) is 43.1 Å². The fourth-order valence-corrected chi connectivity index (χ4v) is 7.85. The van der Waals surface area contributed by atoms with Crippen LogP contribution in [0.25, 0.3) is 104 Å². The lowest BCUT2D eigenvalue weighted by Crippen LogP contribution is -2.03. The number of hydrogen-bond donors (Lipinski definition) is 0. The molecule has 11 rings (SSSR count). The maximum Gasteiger partial charge on any atom is 0.235 e. The van der Waals surface area contributed by atoms with Gasteiger partial charge >= 0.3 is 0 Å². The fourth-order valence-electron chi connectivity index (χ4n) is 7.85. The Bertz CT molecular complexity index is 3130. The maximum atomic E-state index is 6.16. The molecule has 48 heavy (non-hydrogen) atoms. The number of rotatable bonds is 2. The zero-order valence-electron chi connectivity index (χ0n) is 25.7. The highest BCUT2D eigenvalue weighted by molar-refractivity contribution is 6.29. The smallest absolute Gasteiger partial charge is 0.235 e. The Kier molecular flexibility index (Phi) is 5.08. The van der Waals surface area contributed by atoms with Crippen LogP contribution in [0, 0.1) is 0 Å². The molecule has 0 spiro atoms. The molecule has 0 saturated heterocycles. The zero-order chi connectivity index (χ0) is 31.3. The van der Waals surface area contributed by atoms with E-state index in [-0.39, 0.29) is 0 Å². The third-order valence-corrected chi connectivity index (χ3v) is 9.98. The first-order valence-corrected chi connectivity index (χ1v) is 16.3. The molecule has 3 aromatic heterocycles. The average molecular weight is 612 g/mol. The fraction of sp³-hybridized carbons (Fsp3) is 0. The van der Waals surface area contributed by atoms with Crippen molar-refractivity contribution < 1.29 is 4.42 Å². The second-order valence-corrected chi connectivity index (χ2v) is 12.6. The van der Waals surface area contributed by atoms with Crippen LogP contribution in [0.15, 0.2) is 156 Å². The number of hydrogen-bond acceptors (Lipinski definition) is 3. The minimum absolute atomic E-state index is 0.651. The summed E-state index contributed by atoms with van der Waals surface area (Å²) in [6.07, 6.45) is 0. The van der Waals surface area contributed by atoms with Crippen molar-refractivity contribution in [1.29, 1.82) is 0 Å². The zero-order valence-corrected chi connectivity index (χ0v) is 25.7. The van der Waals surface area contributed by atoms with Crippen molar-refractivity contribution in [2.75, 3.05) is 0 Å². The van der Waals surface area contributed by atoms with Gasteiger partial charge in [-0.2, -0.15) is 0 Å². The van der Waals surface area contributed by atoms with Crippen molar-refractivity contribution in [2.45, 2.75) is 0 Å². The molecule has 0 N–H and O–H groups in total. The number of furan rings is 1. The number of fused-ring (bicyclic) bond motifs is 13. The molecule has 0 unspecified atom stereocenters. The van der Waals surface area contributed by atoms with Crippen LogP contribution >= 0.6 is 0 Å². The molecule has 0 aliphatic heterocycles. The minimum atomic E-state index is 0.651. The lowest BCUT2D eigenvalue weighted by atomic mass is 9.94. The Morgan fingerprint density at radius 3 is 2.04 bits per heavy atom. The Morgan fingerprint density at radius 1 is 0.417 bits per heavy atom. The van der Waals surface area contributed by atoms with Gasteiger partial charge in [0.1, 0.15) is 11.2 Å². The second-order valence-electron chi connectivity index (χ2n) is 12.6. The van der Waals surface area contributed by atoms with Gasteiger partial charge in [-0.1, -0.05) is 109 Å². The van der Waals surface area contributed by atoms with E-state index in [0.29, 0.717) is 5.95 Å². The lowest BCUT2D eigenvalue weighted by Gasteiger charge is -2.12. The molecule has 0 radical (unpaired) electrons. The first-order valence-electron chi connectivity index (χ1n) is 16.3. The second kappa shape index (κ2) is 9.50. The molecule has 8 aromatic carbocycles. The third-order valence-electron chi connectivity index (χ3n) is 9.98. The van der Waals surface area contributed by atoms with E-state index < -0.39 is 0 Å². The van der Waals surface area contributed by atoms with E-state index in [1.54, 1.807) is 0 Å². The summed E-state index contributed by atoms with van der Waals surface area (Å²) >= 11 is 0. The van der Waals surface area contributed by atoms with Gasteiger partial charge in [-0.3, -0.25) is 4.57 Å². The van der Waals surface area contributed by atoms with E-state index in [1.807, 2.05) is 18.2 Å². The summed E-state index contributed by atoms with van der Waals surface area (Å²) in [5.41, 5.74) is 6.74. The molecule has 4 nitrogen and oxygen atoms in total. The van der Waals surface area contributed by atoms with E-state index in [0.717, 1.165) is 55.1 Å². The van der Waals surface area contributed by atoms with Crippen LogP contribution in [0.1, 0.15) is 0 Å². The van der Waals surface area contributed by atoms with Crippen molar-refractivity contribution in [3.63, 3.8) is 0 Å². The average Bonchev–Trinajstić information content (AvgIpc) is 3.69. The first-order chi connectivity index (χ1) is 23.8. The van der Waals surface area contributed by atoms with Gasteiger partial charge in [0.25, 0.3) is 0 Å². The molecule has 3 heterocycles. The molecule has 0 fully saturated rings. The lowest BCUT2D eigenvalue weighted by molar-refractivity contribution is 0.669. The maximum absolute atomic E-state index is 6.16.